The van der Waals surface area contributed by atoms with E-state index in [9.17, 15) is 13.2 Å². The SMILES string of the molecule is CS(=O)(=O)c1ccccc1N1CCN(C(=O)OCc2ccccc2)CC1. The third kappa shape index (κ3) is 4.35. The van der Waals surface area contributed by atoms with Crippen LogP contribution in [0.1, 0.15) is 5.56 Å². The zero-order chi connectivity index (χ0) is 18.6. The normalized spacial score (nSPS) is 15.0. The van der Waals surface area contributed by atoms with Crippen LogP contribution in [0.3, 0.4) is 0 Å². The van der Waals surface area contributed by atoms with Crippen LogP contribution in [-0.4, -0.2) is 51.8 Å². The van der Waals surface area contributed by atoms with Crippen molar-refractivity contribution in [1.82, 2.24) is 4.90 Å². The van der Waals surface area contributed by atoms with Crippen molar-refractivity contribution in [3.05, 3.63) is 60.2 Å². The summed E-state index contributed by atoms with van der Waals surface area (Å²) in [5.74, 6) is 0. The van der Waals surface area contributed by atoms with Gasteiger partial charge >= 0.3 is 6.09 Å². The number of hydrogen-bond acceptors (Lipinski definition) is 5. The van der Waals surface area contributed by atoms with Crippen LogP contribution in [0.5, 0.6) is 0 Å². The van der Waals surface area contributed by atoms with Crippen molar-refractivity contribution >= 4 is 21.6 Å². The lowest BCUT2D eigenvalue weighted by molar-refractivity contribution is 0.0941. The number of carbonyl (C=O) groups is 1. The number of carbonyl (C=O) groups excluding carboxylic acids is 1. The molecule has 1 aliphatic rings. The second-order valence-corrected chi connectivity index (χ2v) is 8.24. The Hall–Kier alpha value is -2.54. The van der Waals surface area contributed by atoms with Crippen molar-refractivity contribution in [2.45, 2.75) is 11.5 Å². The summed E-state index contributed by atoms with van der Waals surface area (Å²) in [6.07, 6.45) is 0.869. The van der Waals surface area contributed by atoms with E-state index < -0.39 is 9.84 Å². The summed E-state index contributed by atoms with van der Waals surface area (Å²) >= 11 is 0. The Bertz CT molecular complexity index is 860. The van der Waals surface area contributed by atoms with Gasteiger partial charge in [-0.2, -0.15) is 0 Å². The van der Waals surface area contributed by atoms with Crippen LogP contribution < -0.4 is 4.90 Å². The molecule has 0 bridgehead atoms. The molecule has 0 spiro atoms. The second kappa shape index (κ2) is 7.78. The largest absolute Gasteiger partial charge is 0.445 e. The Kier molecular flexibility index (Phi) is 5.46. The summed E-state index contributed by atoms with van der Waals surface area (Å²) in [6, 6.07) is 16.5. The van der Waals surface area contributed by atoms with E-state index in [0.717, 1.165) is 5.56 Å². The number of ether oxygens (including phenoxy) is 1. The fraction of sp³-hybridized carbons (Fsp3) is 0.316. The van der Waals surface area contributed by atoms with Gasteiger partial charge in [-0.15, -0.1) is 0 Å². The number of hydrogen-bond donors (Lipinski definition) is 0. The molecule has 26 heavy (non-hydrogen) atoms. The first-order valence-electron chi connectivity index (χ1n) is 8.45. The van der Waals surface area contributed by atoms with Gasteiger partial charge in [0.1, 0.15) is 6.61 Å². The molecule has 6 nitrogen and oxygen atoms in total. The average Bonchev–Trinajstić information content (AvgIpc) is 2.66. The van der Waals surface area contributed by atoms with Crippen LogP contribution in [0.25, 0.3) is 0 Å². The average molecular weight is 374 g/mol. The predicted molar refractivity (Wildman–Crippen MR) is 100.0 cm³/mol. The fourth-order valence-corrected chi connectivity index (χ4v) is 3.88. The molecule has 1 amide bonds. The van der Waals surface area contributed by atoms with Gasteiger partial charge in [-0.1, -0.05) is 42.5 Å². The van der Waals surface area contributed by atoms with Gasteiger partial charge in [0.15, 0.2) is 9.84 Å². The first kappa shape index (κ1) is 18.3. The number of piperazine rings is 1. The van der Waals surface area contributed by atoms with Gasteiger partial charge in [-0.05, 0) is 17.7 Å². The Morgan fingerprint density at radius 1 is 0.962 bits per heavy atom. The Morgan fingerprint density at radius 2 is 1.58 bits per heavy atom. The minimum atomic E-state index is -3.30. The Labute approximate surface area is 153 Å². The van der Waals surface area contributed by atoms with Crippen LogP contribution in [0.4, 0.5) is 10.5 Å². The molecule has 0 atom stereocenters. The lowest BCUT2D eigenvalue weighted by atomic mass is 10.2. The molecule has 0 aliphatic carbocycles. The van der Waals surface area contributed by atoms with Crippen LogP contribution in [-0.2, 0) is 21.2 Å². The quantitative estimate of drug-likeness (QED) is 0.823. The lowest BCUT2D eigenvalue weighted by Gasteiger charge is -2.36. The van der Waals surface area contributed by atoms with Crippen LogP contribution >= 0.6 is 0 Å². The van der Waals surface area contributed by atoms with E-state index in [2.05, 4.69) is 0 Å². The summed E-state index contributed by atoms with van der Waals surface area (Å²) in [4.78, 5) is 16.2. The molecule has 1 heterocycles. The smallest absolute Gasteiger partial charge is 0.410 e. The molecule has 2 aromatic rings. The van der Waals surface area contributed by atoms with Gasteiger partial charge < -0.3 is 14.5 Å². The van der Waals surface area contributed by atoms with Gasteiger partial charge in [-0.3, -0.25) is 0 Å². The molecule has 3 rings (SSSR count). The summed E-state index contributed by atoms with van der Waals surface area (Å²) in [6.45, 7) is 2.36. The molecular weight excluding hydrogens is 352 g/mol. The number of para-hydroxylation sites is 1. The fourth-order valence-electron chi connectivity index (χ4n) is 2.97. The van der Waals surface area contributed by atoms with E-state index >= 15 is 0 Å². The van der Waals surface area contributed by atoms with E-state index in [1.807, 2.05) is 41.3 Å². The minimum absolute atomic E-state index is 0.247. The topological polar surface area (TPSA) is 66.9 Å². The van der Waals surface area contributed by atoms with Crippen LogP contribution in [0.15, 0.2) is 59.5 Å². The molecule has 7 heteroatoms. The highest BCUT2D eigenvalue weighted by molar-refractivity contribution is 7.90. The standard InChI is InChI=1S/C19H22N2O4S/c1-26(23,24)18-10-6-5-9-17(18)20-11-13-21(14-12-20)19(22)25-15-16-7-3-2-4-8-16/h2-10H,11-15H2,1H3. The summed E-state index contributed by atoms with van der Waals surface area (Å²) in [5, 5.41) is 0. The molecule has 1 saturated heterocycles. The molecule has 0 N–H and O–H groups in total. The molecule has 0 unspecified atom stereocenters. The van der Waals surface area contributed by atoms with E-state index in [4.69, 9.17) is 4.74 Å². The monoisotopic (exact) mass is 374 g/mol. The summed E-state index contributed by atoms with van der Waals surface area (Å²) in [7, 11) is -3.30. The molecule has 1 fully saturated rings. The highest BCUT2D eigenvalue weighted by Gasteiger charge is 2.25. The van der Waals surface area contributed by atoms with Crippen molar-refractivity contribution < 1.29 is 17.9 Å². The number of amides is 1. The summed E-state index contributed by atoms with van der Waals surface area (Å²) < 4.78 is 29.3. The maximum atomic E-state index is 12.2. The predicted octanol–water partition coefficient (Wildman–Crippen LogP) is 2.55. The van der Waals surface area contributed by atoms with Crippen molar-refractivity contribution in [3.63, 3.8) is 0 Å². The minimum Gasteiger partial charge on any atom is -0.445 e. The highest BCUT2D eigenvalue weighted by Crippen LogP contribution is 2.26. The highest BCUT2D eigenvalue weighted by atomic mass is 32.2. The van der Waals surface area contributed by atoms with Crippen molar-refractivity contribution in [2.24, 2.45) is 0 Å². The van der Waals surface area contributed by atoms with E-state index in [1.165, 1.54) is 6.26 Å². The van der Waals surface area contributed by atoms with Crippen molar-refractivity contribution in [2.75, 3.05) is 37.3 Å². The van der Waals surface area contributed by atoms with E-state index in [0.29, 0.717) is 36.8 Å². The molecule has 0 saturated carbocycles. The number of benzene rings is 2. The van der Waals surface area contributed by atoms with E-state index in [-0.39, 0.29) is 12.7 Å². The molecule has 138 valence electrons. The van der Waals surface area contributed by atoms with Crippen molar-refractivity contribution in [1.29, 1.82) is 0 Å². The first-order valence-corrected chi connectivity index (χ1v) is 10.3. The molecule has 1 aliphatic heterocycles. The molecule has 2 aromatic carbocycles. The zero-order valence-corrected chi connectivity index (χ0v) is 15.5. The third-order valence-corrected chi connectivity index (χ3v) is 5.49. The molecule has 0 aromatic heterocycles. The third-order valence-electron chi connectivity index (χ3n) is 4.35. The molecule has 0 radical (unpaired) electrons. The van der Waals surface area contributed by atoms with Gasteiger partial charge in [-0.25, -0.2) is 13.2 Å². The Balaban J connectivity index is 1.59. The lowest BCUT2D eigenvalue weighted by Crippen LogP contribution is -2.49. The number of sulfone groups is 1. The summed E-state index contributed by atoms with van der Waals surface area (Å²) in [5.41, 5.74) is 1.63. The zero-order valence-electron chi connectivity index (χ0n) is 14.7. The van der Waals surface area contributed by atoms with Gasteiger partial charge in [0.2, 0.25) is 0 Å². The maximum absolute atomic E-state index is 12.2. The van der Waals surface area contributed by atoms with Crippen molar-refractivity contribution in [3.8, 4) is 0 Å². The van der Waals surface area contributed by atoms with Crippen LogP contribution in [0, 0.1) is 0 Å². The van der Waals surface area contributed by atoms with Crippen LogP contribution in [0.2, 0.25) is 0 Å². The first-order chi connectivity index (χ1) is 12.4. The maximum Gasteiger partial charge on any atom is 0.410 e. The van der Waals surface area contributed by atoms with Gasteiger partial charge in [0.05, 0.1) is 10.6 Å². The Morgan fingerprint density at radius 3 is 2.23 bits per heavy atom. The number of nitrogens with zero attached hydrogens (tertiary/aromatic N) is 2. The number of rotatable bonds is 4. The number of anilines is 1. The second-order valence-electron chi connectivity index (χ2n) is 6.25. The molecular formula is C19H22N2O4S. The van der Waals surface area contributed by atoms with E-state index in [1.54, 1.807) is 23.1 Å². The van der Waals surface area contributed by atoms with Gasteiger partial charge in [0.25, 0.3) is 0 Å². The van der Waals surface area contributed by atoms with Gasteiger partial charge in [0, 0.05) is 32.4 Å².